The fraction of sp³-hybridized carbons (Fsp3) is 0.538. The Hall–Kier alpha value is -3.56. The summed E-state index contributed by atoms with van der Waals surface area (Å²) in [7, 11) is 0. The molecule has 1 unspecified atom stereocenters. The number of aromatic nitrogens is 5. The Balaban J connectivity index is 1.22. The molecule has 0 aromatic carbocycles. The molecule has 2 saturated carbocycles. The number of carboxylic acid groups (broad SMARTS) is 1. The second-order valence-electron chi connectivity index (χ2n) is 10.6. The van der Waals surface area contributed by atoms with Gasteiger partial charge >= 0.3 is 5.97 Å². The van der Waals surface area contributed by atoms with Crippen LogP contribution in [0.4, 0.5) is 17.5 Å². The number of anilines is 3. The molecule has 1 aliphatic heterocycles. The maximum Gasteiger partial charge on any atom is 0.307 e. The number of carbonyl (C=O) groups is 1. The van der Waals surface area contributed by atoms with Crippen LogP contribution in [0.25, 0.3) is 10.9 Å². The normalized spacial score (nSPS) is 26.1. The van der Waals surface area contributed by atoms with Crippen LogP contribution in [-0.2, 0) is 4.79 Å². The maximum absolute atomic E-state index is 12.6. The third kappa shape index (κ3) is 4.29. The van der Waals surface area contributed by atoms with Crippen LogP contribution in [0.1, 0.15) is 69.4 Å². The van der Waals surface area contributed by atoms with Crippen LogP contribution >= 0.6 is 0 Å². The van der Waals surface area contributed by atoms with Gasteiger partial charge in [-0.25, -0.2) is 10.1 Å². The molecule has 188 valence electrons. The van der Waals surface area contributed by atoms with Crippen molar-refractivity contribution in [3.05, 3.63) is 40.6 Å². The van der Waals surface area contributed by atoms with E-state index in [9.17, 15) is 14.7 Å². The van der Waals surface area contributed by atoms with Gasteiger partial charge in [-0.3, -0.25) is 14.6 Å². The zero-order valence-electron chi connectivity index (χ0n) is 20.2. The molecule has 3 aromatic heterocycles. The standard InChI is InChI=1S/C26H31N7O3/c34-23-21-20(15-28-32-23)30-25(33-11-3-1-2-4-12-33)31-22(21)29-17-5-6-19(27-14-17)16-7-9-26(10-8-16)13-18(26)24(35)36/h5-6,14-16,18H,1-4,7-13H2,(H,32,34)(H,35,36)(H,29,30,31). The van der Waals surface area contributed by atoms with Crippen molar-refractivity contribution in [1.82, 2.24) is 25.1 Å². The monoisotopic (exact) mass is 489 g/mol. The summed E-state index contributed by atoms with van der Waals surface area (Å²) in [6.07, 6.45) is 12.6. The molecule has 3 aromatic rings. The number of rotatable bonds is 5. The van der Waals surface area contributed by atoms with Crippen LogP contribution in [-0.4, -0.2) is 49.3 Å². The van der Waals surface area contributed by atoms with Gasteiger partial charge < -0.3 is 15.3 Å². The van der Waals surface area contributed by atoms with Crippen molar-refractivity contribution in [2.45, 2.75) is 63.7 Å². The molecule has 3 aliphatic rings. The maximum atomic E-state index is 12.6. The highest BCUT2D eigenvalue weighted by atomic mass is 16.4. The SMILES string of the molecule is O=C(O)C1CC12CCC(c1ccc(Nc3nc(N4CCCCCC4)nc4cn[nH]c(=O)c34)cn1)CC2. The lowest BCUT2D eigenvalue weighted by atomic mass is 9.77. The first-order valence-corrected chi connectivity index (χ1v) is 13.0. The minimum Gasteiger partial charge on any atom is -0.481 e. The molecule has 4 heterocycles. The number of H-pyrrole nitrogens is 1. The lowest BCUT2D eigenvalue weighted by Crippen LogP contribution is -2.26. The van der Waals surface area contributed by atoms with Crippen molar-refractivity contribution in [3.8, 4) is 0 Å². The van der Waals surface area contributed by atoms with E-state index in [1.807, 2.05) is 12.1 Å². The Morgan fingerprint density at radius 2 is 1.86 bits per heavy atom. The van der Waals surface area contributed by atoms with E-state index in [0.29, 0.717) is 28.6 Å². The highest BCUT2D eigenvalue weighted by molar-refractivity contribution is 5.90. The predicted octanol–water partition coefficient (Wildman–Crippen LogP) is 3.98. The molecule has 3 N–H and O–H groups in total. The summed E-state index contributed by atoms with van der Waals surface area (Å²) in [6, 6.07) is 4.00. The van der Waals surface area contributed by atoms with Crippen LogP contribution in [0.2, 0.25) is 0 Å². The molecular formula is C26H31N7O3. The van der Waals surface area contributed by atoms with Crippen molar-refractivity contribution < 1.29 is 9.90 Å². The summed E-state index contributed by atoms with van der Waals surface area (Å²) >= 11 is 0. The fourth-order valence-corrected chi connectivity index (χ4v) is 6.09. The number of hydrogen-bond acceptors (Lipinski definition) is 8. The van der Waals surface area contributed by atoms with Gasteiger partial charge in [0, 0.05) is 24.7 Å². The second-order valence-corrected chi connectivity index (χ2v) is 10.6. The zero-order chi connectivity index (χ0) is 24.7. The number of aliphatic carboxylic acids is 1. The van der Waals surface area contributed by atoms with E-state index in [1.165, 1.54) is 12.8 Å². The molecule has 0 radical (unpaired) electrons. The number of nitrogens with zero attached hydrogens (tertiary/aromatic N) is 5. The second kappa shape index (κ2) is 9.15. The first-order valence-electron chi connectivity index (χ1n) is 13.0. The molecule has 10 nitrogen and oxygen atoms in total. The van der Waals surface area contributed by atoms with Gasteiger partial charge in [0.2, 0.25) is 5.95 Å². The molecule has 2 aliphatic carbocycles. The van der Waals surface area contributed by atoms with Gasteiger partial charge in [0.1, 0.15) is 16.7 Å². The summed E-state index contributed by atoms with van der Waals surface area (Å²) in [4.78, 5) is 40.3. The molecule has 0 bridgehead atoms. The fourth-order valence-electron chi connectivity index (χ4n) is 6.09. The van der Waals surface area contributed by atoms with E-state index < -0.39 is 5.97 Å². The third-order valence-electron chi connectivity index (χ3n) is 8.33. The van der Waals surface area contributed by atoms with E-state index in [0.717, 1.165) is 69.4 Å². The minimum absolute atomic E-state index is 0.0326. The smallest absolute Gasteiger partial charge is 0.307 e. The van der Waals surface area contributed by atoms with Crippen LogP contribution in [0.3, 0.4) is 0 Å². The van der Waals surface area contributed by atoms with Gasteiger partial charge in [0.25, 0.3) is 5.56 Å². The van der Waals surface area contributed by atoms with E-state index in [1.54, 1.807) is 12.4 Å². The molecule has 6 rings (SSSR count). The molecule has 0 amide bonds. The lowest BCUT2D eigenvalue weighted by molar-refractivity contribution is -0.139. The van der Waals surface area contributed by atoms with Crippen LogP contribution < -0.4 is 15.8 Å². The van der Waals surface area contributed by atoms with Crippen molar-refractivity contribution in [2.75, 3.05) is 23.3 Å². The van der Waals surface area contributed by atoms with Gasteiger partial charge in [-0.05, 0) is 62.5 Å². The topological polar surface area (TPSA) is 137 Å². The summed E-state index contributed by atoms with van der Waals surface area (Å²) in [5.74, 6) is 0.611. The predicted molar refractivity (Wildman–Crippen MR) is 136 cm³/mol. The summed E-state index contributed by atoms with van der Waals surface area (Å²) in [5.41, 5.74) is 1.99. The Morgan fingerprint density at radius 1 is 1.08 bits per heavy atom. The number of carboxylic acids is 1. The van der Waals surface area contributed by atoms with Crippen LogP contribution in [0.15, 0.2) is 29.3 Å². The van der Waals surface area contributed by atoms with Crippen molar-refractivity contribution in [3.63, 3.8) is 0 Å². The average Bonchev–Trinajstić information content (AvgIpc) is 3.65. The van der Waals surface area contributed by atoms with Crippen LogP contribution in [0, 0.1) is 11.3 Å². The number of nitrogens with one attached hydrogen (secondary N) is 2. The van der Waals surface area contributed by atoms with Crippen molar-refractivity contribution >= 4 is 34.3 Å². The van der Waals surface area contributed by atoms with Gasteiger partial charge in [-0.2, -0.15) is 10.1 Å². The molecule has 1 atom stereocenters. The Morgan fingerprint density at radius 3 is 2.53 bits per heavy atom. The Bertz CT molecular complexity index is 1320. The molecule has 1 spiro atoms. The number of fused-ring (bicyclic) bond motifs is 1. The minimum atomic E-state index is -0.645. The number of hydrogen-bond donors (Lipinski definition) is 3. The first kappa shape index (κ1) is 22.9. The lowest BCUT2D eigenvalue weighted by Gasteiger charge is -2.28. The van der Waals surface area contributed by atoms with Gasteiger partial charge in [-0.1, -0.05) is 12.8 Å². The quantitative estimate of drug-likeness (QED) is 0.486. The van der Waals surface area contributed by atoms with Gasteiger partial charge in [-0.15, -0.1) is 0 Å². The van der Waals surface area contributed by atoms with E-state index in [-0.39, 0.29) is 16.9 Å². The van der Waals surface area contributed by atoms with E-state index in [2.05, 4.69) is 25.4 Å². The molecule has 10 heteroatoms. The first-order chi connectivity index (χ1) is 17.5. The van der Waals surface area contributed by atoms with E-state index >= 15 is 0 Å². The van der Waals surface area contributed by atoms with Gasteiger partial charge in [0.15, 0.2) is 0 Å². The van der Waals surface area contributed by atoms with Crippen molar-refractivity contribution in [1.29, 1.82) is 0 Å². The molecule has 36 heavy (non-hydrogen) atoms. The average molecular weight is 490 g/mol. The van der Waals surface area contributed by atoms with Gasteiger partial charge in [0.05, 0.1) is 24.0 Å². The number of pyridine rings is 1. The van der Waals surface area contributed by atoms with Crippen LogP contribution in [0.5, 0.6) is 0 Å². The third-order valence-corrected chi connectivity index (χ3v) is 8.33. The Labute approximate surface area is 208 Å². The zero-order valence-corrected chi connectivity index (χ0v) is 20.2. The summed E-state index contributed by atoms with van der Waals surface area (Å²) in [6.45, 7) is 1.79. The molecule has 1 saturated heterocycles. The summed E-state index contributed by atoms with van der Waals surface area (Å²) in [5, 5.41) is 19.4. The largest absolute Gasteiger partial charge is 0.481 e. The Kier molecular flexibility index (Phi) is 5.81. The van der Waals surface area contributed by atoms with Crippen molar-refractivity contribution in [2.24, 2.45) is 11.3 Å². The highest BCUT2D eigenvalue weighted by Crippen LogP contribution is 2.63. The van der Waals surface area contributed by atoms with E-state index in [4.69, 9.17) is 9.97 Å². The number of aromatic amines is 1. The molecule has 3 fully saturated rings. The molecular weight excluding hydrogens is 458 g/mol. The highest BCUT2D eigenvalue weighted by Gasteiger charge is 2.58. The summed E-state index contributed by atoms with van der Waals surface area (Å²) < 4.78 is 0.